The first-order chi connectivity index (χ1) is 14.1. The van der Waals surface area contributed by atoms with Crippen LogP contribution in [0.25, 0.3) is 0 Å². The summed E-state index contributed by atoms with van der Waals surface area (Å²) < 4.78 is 20.0. The summed E-state index contributed by atoms with van der Waals surface area (Å²) in [4.78, 5) is 30.3. The molecular weight excluding hydrogens is 405 g/mol. The number of nitrogens with one attached hydrogen (secondary N) is 1. The van der Waals surface area contributed by atoms with E-state index in [9.17, 15) is 19.1 Å². The summed E-state index contributed by atoms with van der Waals surface area (Å²) in [6.45, 7) is 8.54. The second-order valence-electron chi connectivity index (χ2n) is 8.18. The first-order valence-electron chi connectivity index (χ1n) is 9.85. The summed E-state index contributed by atoms with van der Waals surface area (Å²) in [5.74, 6) is -0.484. The number of amides is 2. The van der Waals surface area contributed by atoms with Crippen molar-refractivity contribution in [2.24, 2.45) is 0 Å². The zero-order valence-corrected chi connectivity index (χ0v) is 18.5. The number of pyridine rings is 1. The molecule has 9 heteroatoms. The molecule has 30 heavy (non-hydrogen) atoms. The van der Waals surface area contributed by atoms with E-state index >= 15 is 0 Å². The molecule has 0 saturated heterocycles. The summed E-state index contributed by atoms with van der Waals surface area (Å²) in [6, 6.07) is 6.85. The fraction of sp³-hybridized carbons (Fsp3) is 0.381. The molecule has 1 aromatic heterocycles. The Labute approximate surface area is 175 Å². The van der Waals surface area contributed by atoms with Crippen LogP contribution in [-0.2, 0) is 11.2 Å². The van der Waals surface area contributed by atoms with Crippen LogP contribution in [0.5, 0.6) is 5.88 Å². The van der Waals surface area contributed by atoms with Crippen LogP contribution in [0.1, 0.15) is 24.2 Å². The third-order valence-electron chi connectivity index (χ3n) is 5.01. The highest BCUT2D eigenvalue weighted by Gasteiger charge is 2.37. The monoisotopic (exact) mass is 431 g/mol. The Hall–Kier alpha value is -2.94. The minimum Gasteiger partial charge on any atom is -0.478 e. The van der Waals surface area contributed by atoms with Gasteiger partial charge in [-0.25, -0.2) is 14.2 Å². The molecule has 1 aromatic carbocycles. The molecule has 0 aliphatic carbocycles. The van der Waals surface area contributed by atoms with Crippen LogP contribution in [0.3, 0.4) is 0 Å². The lowest BCUT2D eigenvalue weighted by molar-refractivity contribution is -0.121. The molecule has 0 bridgehead atoms. The van der Waals surface area contributed by atoms with Gasteiger partial charge in [-0.05, 0) is 30.3 Å². The van der Waals surface area contributed by atoms with Crippen LogP contribution < -0.4 is 15.2 Å². The maximum atomic E-state index is 14.6. The van der Waals surface area contributed by atoms with Crippen LogP contribution in [0.4, 0.5) is 14.9 Å². The van der Waals surface area contributed by atoms with E-state index in [0.29, 0.717) is 35.4 Å². The highest BCUT2D eigenvalue weighted by molar-refractivity contribution is 6.88. The number of carbonyl (C=O) groups excluding carboxylic acids is 1. The first-order valence-corrected chi connectivity index (χ1v) is 13.3. The van der Waals surface area contributed by atoms with Crippen LogP contribution in [0.2, 0.25) is 19.6 Å². The molecule has 0 spiro atoms. The van der Waals surface area contributed by atoms with E-state index < -0.39 is 26.1 Å². The van der Waals surface area contributed by atoms with Gasteiger partial charge in [-0.3, -0.25) is 9.69 Å². The van der Waals surface area contributed by atoms with E-state index in [1.165, 1.54) is 6.07 Å². The van der Waals surface area contributed by atoms with Crippen LogP contribution >= 0.6 is 0 Å². The average molecular weight is 432 g/mol. The standard InChI is InChI=1S/C21H26FN3O4Si/c1-5-29-18-9-7-14-16(24-18)10-11-25(21(27)28)19(14)20(26)23-13-6-8-17(15(22)12-13)30(2,3)4/h6-9,12,19H,5,10-11H2,1-4H3,(H,23,26)(H,27,28). The molecule has 1 aliphatic heterocycles. The number of carbonyl (C=O) groups is 2. The number of benzene rings is 1. The van der Waals surface area contributed by atoms with Crippen molar-refractivity contribution in [1.82, 2.24) is 9.88 Å². The van der Waals surface area contributed by atoms with Gasteiger partial charge in [0.25, 0.3) is 5.91 Å². The second kappa shape index (κ2) is 8.43. The van der Waals surface area contributed by atoms with Crippen molar-refractivity contribution in [2.75, 3.05) is 18.5 Å². The fourth-order valence-corrected chi connectivity index (χ4v) is 4.97. The van der Waals surface area contributed by atoms with Crippen molar-refractivity contribution in [2.45, 2.75) is 39.0 Å². The Bertz CT molecular complexity index is 977. The molecule has 2 aromatic rings. The molecule has 2 amide bonds. The van der Waals surface area contributed by atoms with Crippen molar-refractivity contribution < 1.29 is 23.8 Å². The van der Waals surface area contributed by atoms with E-state index in [1.807, 2.05) is 26.6 Å². The van der Waals surface area contributed by atoms with E-state index in [4.69, 9.17) is 4.74 Å². The summed E-state index contributed by atoms with van der Waals surface area (Å²) in [6.07, 6.45) is -0.818. The van der Waals surface area contributed by atoms with Crippen molar-refractivity contribution >= 4 is 30.9 Å². The van der Waals surface area contributed by atoms with Gasteiger partial charge >= 0.3 is 6.09 Å². The minimum absolute atomic E-state index is 0.131. The molecule has 3 rings (SSSR count). The minimum atomic E-state index is -1.85. The van der Waals surface area contributed by atoms with E-state index in [-0.39, 0.29) is 18.0 Å². The van der Waals surface area contributed by atoms with Gasteiger partial charge in [0.05, 0.1) is 20.4 Å². The quantitative estimate of drug-likeness (QED) is 0.708. The normalized spacial score (nSPS) is 16.0. The van der Waals surface area contributed by atoms with Gasteiger partial charge in [0.2, 0.25) is 5.88 Å². The molecule has 0 radical (unpaired) electrons. The zero-order valence-electron chi connectivity index (χ0n) is 17.5. The summed E-state index contributed by atoms with van der Waals surface area (Å²) in [5.41, 5.74) is 1.42. The topological polar surface area (TPSA) is 91.8 Å². The van der Waals surface area contributed by atoms with Crippen molar-refractivity contribution in [3.8, 4) is 5.88 Å². The number of nitrogens with zero attached hydrogens (tertiary/aromatic N) is 2. The summed E-state index contributed by atoms with van der Waals surface area (Å²) in [7, 11) is -1.85. The maximum Gasteiger partial charge on any atom is 0.408 e. The number of ether oxygens (including phenoxy) is 1. The first kappa shape index (κ1) is 21.8. The smallest absolute Gasteiger partial charge is 0.408 e. The molecular formula is C21H26FN3O4Si. The van der Waals surface area contributed by atoms with Gasteiger partial charge in [0.1, 0.15) is 11.9 Å². The lowest BCUT2D eigenvalue weighted by Gasteiger charge is -2.33. The van der Waals surface area contributed by atoms with E-state index in [2.05, 4.69) is 10.3 Å². The fourth-order valence-electron chi connectivity index (χ4n) is 3.59. The van der Waals surface area contributed by atoms with E-state index in [0.717, 1.165) is 4.90 Å². The molecule has 160 valence electrons. The molecule has 2 N–H and O–H groups in total. The molecule has 2 heterocycles. The van der Waals surface area contributed by atoms with Gasteiger partial charge < -0.3 is 15.2 Å². The largest absolute Gasteiger partial charge is 0.478 e. The number of hydrogen-bond acceptors (Lipinski definition) is 4. The van der Waals surface area contributed by atoms with Crippen LogP contribution in [-0.4, -0.2) is 48.2 Å². The Morgan fingerprint density at radius 2 is 2.03 bits per heavy atom. The van der Waals surface area contributed by atoms with Gasteiger partial charge in [-0.15, -0.1) is 0 Å². The number of fused-ring (bicyclic) bond motifs is 1. The number of hydrogen-bond donors (Lipinski definition) is 2. The highest BCUT2D eigenvalue weighted by atomic mass is 28.3. The molecule has 1 unspecified atom stereocenters. The van der Waals surface area contributed by atoms with Crippen molar-refractivity contribution in [3.63, 3.8) is 0 Å². The Morgan fingerprint density at radius 3 is 2.63 bits per heavy atom. The SMILES string of the molecule is CCOc1ccc2c(n1)CCN(C(=O)O)C2C(=O)Nc1ccc([Si](C)(C)C)c(F)c1. The van der Waals surface area contributed by atoms with Crippen molar-refractivity contribution in [3.05, 3.63) is 47.4 Å². The Kier molecular flexibility index (Phi) is 6.11. The lowest BCUT2D eigenvalue weighted by atomic mass is 9.96. The maximum absolute atomic E-state index is 14.6. The number of carboxylic acid groups (broad SMARTS) is 1. The number of rotatable bonds is 5. The van der Waals surface area contributed by atoms with Gasteiger partial charge in [-0.2, -0.15) is 0 Å². The Morgan fingerprint density at radius 1 is 1.30 bits per heavy atom. The lowest BCUT2D eigenvalue weighted by Crippen LogP contribution is -2.45. The van der Waals surface area contributed by atoms with E-state index in [1.54, 1.807) is 24.3 Å². The van der Waals surface area contributed by atoms with Gasteiger partial charge in [-0.1, -0.05) is 25.7 Å². The zero-order chi connectivity index (χ0) is 22.1. The van der Waals surface area contributed by atoms with Crippen LogP contribution in [0.15, 0.2) is 30.3 Å². The summed E-state index contributed by atoms with van der Waals surface area (Å²) >= 11 is 0. The molecule has 0 fully saturated rings. The van der Waals surface area contributed by atoms with Gasteiger partial charge in [0, 0.05) is 30.3 Å². The third kappa shape index (κ3) is 4.45. The van der Waals surface area contributed by atoms with Crippen LogP contribution in [0, 0.1) is 5.82 Å². The number of anilines is 1. The highest BCUT2D eigenvalue weighted by Crippen LogP contribution is 2.31. The number of halogens is 1. The Balaban J connectivity index is 1.91. The van der Waals surface area contributed by atoms with Gasteiger partial charge in [0.15, 0.2) is 0 Å². The molecule has 1 aliphatic rings. The third-order valence-corrected chi connectivity index (χ3v) is 7.03. The predicted molar refractivity (Wildman–Crippen MR) is 115 cm³/mol. The molecule has 0 saturated carbocycles. The van der Waals surface area contributed by atoms with Crippen molar-refractivity contribution in [1.29, 1.82) is 0 Å². The predicted octanol–water partition coefficient (Wildman–Crippen LogP) is 3.38. The summed E-state index contributed by atoms with van der Waals surface area (Å²) in [5, 5.41) is 12.9. The molecule has 7 nitrogen and oxygen atoms in total. The second-order valence-corrected chi connectivity index (χ2v) is 13.2. The average Bonchev–Trinajstić information content (AvgIpc) is 2.66. The number of aromatic nitrogens is 1. The molecule has 1 atom stereocenters.